The highest BCUT2D eigenvalue weighted by atomic mass is 15.0. The van der Waals surface area contributed by atoms with E-state index < -0.39 is 0 Å². The molecule has 0 fully saturated rings. The van der Waals surface area contributed by atoms with Crippen LogP contribution in [0.2, 0.25) is 0 Å². The number of nitrogen functional groups attached to an aromatic ring is 1. The maximum absolute atomic E-state index is 5.81. The molecule has 0 saturated heterocycles. The lowest BCUT2D eigenvalue weighted by molar-refractivity contribution is 0.795. The van der Waals surface area contributed by atoms with Gasteiger partial charge >= 0.3 is 0 Å². The van der Waals surface area contributed by atoms with Gasteiger partial charge in [-0.25, -0.2) is 9.97 Å². The third-order valence-electron chi connectivity index (χ3n) is 3.42. The topological polar surface area (TPSA) is 51.8 Å². The summed E-state index contributed by atoms with van der Waals surface area (Å²) in [5, 5.41) is 0. The molecule has 2 aromatic rings. The molecule has 0 saturated carbocycles. The highest BCUT2D eigenvalue weighted by Gasteiger charge is 2.07. The fraction of sp³-hybridized carbons (Fsp3) is 0.412. The van der Waals surface area contributed by atoms with Crippen molar-refractivity contribution in [3.05, 3.63) is 41.6 Å². The molecule has 0 amide bonds. The van der Waals surface area contributed by atoms with Gasteiger partial charge in [0, 0.05) is 11.3 Å². The molecule has 0 radical (unpaired) electrons. The van der Waals surface area contributed by atoms with Crippen molar-refractivity contribution in [3.8, 4) is 11.3 Å². The highest BCUT2D eigenvalue weighted by molar-refractivity contribution is 5.61. The van der Waals surface area contributed by atoms with E-state index in [1.165, 1.54) is 18.4 Å². The Balaban J connectivity index is 2.27. The number of aromatic nitrogens is 2. The van der Waals surface area contributed by atoms with Gasteiger partial charge in [-0.05, 0) is 30.4 Å². The van der Waals surface area contributed by atoms with Gasteiger partial charge in [0.1, 0.15) is 0 Å². The van der Waals surface area contributed by atoms with Crippen molar-refractivity contribution < 1.29 is 0 Å². The van der Waals surface area contributed by atoms with Crippen LogP contribution in [0.3, 0.4) is 0 Å². The maximum Gasteiger partial charge on any atom is 0.220 e. The van der Waals surface area contributed by atoms with Gasteiger partial charge in [-0.15, -0.1) is 0 Å². The molecule has 2 N–H and O–H groups in total. The molecule has 1 heterocycles. The second-order valence-electron chi connectivity index (χ2n) is 5.49. The first-order valence-electron chi connectivity index (χ1n) is 7.34. The second-order valence-corrected chi connectivity index (χ2v) is 5.49. The molecular weight excluding hydrogens is 246 g/mol. The van der Waals surface area contributed by atoms with Crippen LogP contribution >= 0.6 is 0 Å². The summed E-state index contributed by atoms with van der Waals surface area (Å²) in [5.41, 5.74) is 10.2. The van der Waals surface area contributed by atoms with Crippen molar-refractivity contribution in [2.24, 2.45) is 0 Å². The Morgan fingerprint density at radius 3 is 2.40 bits per heavy atom. The van der Waals surface area contributed by atoms with Crippen molar-refractivity contribution in [2.45, 2.75) is 46.0 Å². The van der Waals surface area contributed by atoms with Crippen LogP contribution in [0, 0.1) is 0 Å². The summed E-state index contributed by atoms with van der Waals surface area (Å²) in [6, 6.07) is 10.6. The Hall–Kier alpha value is -1.90. The summed E-state index contributed by atoms with van der Waals surface area (Å²) < 4.78 is 0. The Morgan fingerprint density at radius 2 is 1.80 bits per heavy atom. The molecule has 3 heteroatoms. The Labute approximate surface area is 121 Å². The molecule has 2 rings (SSSR count). The number of nitrogens with zero attached hydrogens (tertiary/aromatic N) is 2. The SMILES string of the molecule is CCCCc1ccc(-c2cc(C(C)C)nc(N)n2)cc1. The average molecular weight is 269 g/mol. The third-order valence-corrected chi connectivity index (χ3v) is 3.42. The monoisotopic (exact) mass is 269 g/mol. The molecule has 0 aliphatic heterocycles. The number of rotatable bonds is 5. The van der Waals surface area contributed by atoms with Gasteiger partial charge in [-0.2, -0.15) is 0 Å². The average Bonchev–Trinajstić information content (AvgIpc) is 2.45. The summed E-state index contributed by atoms with van der Waals surface area (Å²) >= 11 is 0. The van der Waals surface area contributed by atoms with Crippen LogP contribution in [-0.2, 0) is 6.42 Å². The molecule has 0 spiro atoms. The molecule has 1 aromatic heterocycles. The van der Waals surface area contributed by atoms with Gasteiger partial charge in [-0.3, -0.25) is 0 Å². The standard InChI is InChI=1S/C17H23N3/c1-4-5-6-13-7-9-14(10-8-13)16-11-15(12(2)3)19-17(18)20-16/h7-12H,4-6H2,1-3H3,(H2,18,19,20). The van der Waals surface area contributed by atoms with Crippen LogP contribution in [-0.4, -0.2) is 9.97 Å². The van der Waals surface area contributed by atoms with Crippen molar-refractivity contribution in [2.75, 3.05) is 5.73 Å². The maximum atomic E-state index is 5.81. The van der Waals surface area contributed by atoms with Gasteiger partial charge in [0.25, 0.3) is 0 Å². The minimum atomic E-state index is 0.348. The van der Waals surface area contributed by atoms with E-state index >= 15 is 0 Å². The van der Waals surface area contributed by atoms with Crippen LogP contribution in [0.25, 0.3) is 11.3 Å². The zero-order valence-corrected chi connectivity index (χ0v) is 12.6. The predicted octanol–water partition coefficient (Wildman–Crippen LogP) is 4.19. The van der Waals surface area contributed by atoms with Gasteiger partial charge in [0.2, 0.25) is 5.95 Å². The summed E-state index contributed by atoms with van der Waals surface area (Å²) in [4.78, 5) is 8.63. The Kier molecular flexibility index (Phi) is 4.72. The summed E-state index contributed by atoms with van der Waals surface area (Å²) in [6.45, 7) is 6.43. The summed E-state index contributed by atoms with van der Waals surface area (Å²) in [7, 11) is 0. The van der Waals surface area contributed by atoms with E-state index in [1.807, 2.05) is 6.07 Å². The fourth-order valence-electron chi connectivity index (χ4n) is 2.15. The molecule has 0 bridgehead atoms. The van der Waals surface area contributed by atoms with Crippen LogP contribution in [0.4, 0.5) is 5.95 Å². The molecule has 3 nitrogen and oxygen atoms in total. The highest BCUT2D eigenvalue weighted by Crippen LogP contribution is 2.22. The molecule has 0 atom stereocenters. The smallest absolute Gasteiger partial charge is 0.220 e. The molecule has 20 heavy (non-hydrogen) atoms. The number of hydrogen-bond donors (Lipinski definition) is 1. The lowest BCUT2D eigenvalue weighted by atomic mass is 10.0. The lowest BCUT2D eigenvalue weighted by Gasteiger charge is -2.09. The number of aryl methyl sites for hydroxylation is 1. The Morgan fingerprint density at radius 1 is 1.10 bits per heavy atom. The van der Waals surface area contributed by atoms with Gasteiger partial charge in [-0.1, -0.05) is 51.5 Å². The minimum Gasteiger partial charge on any atom is -0.368 e. The molecular formula is C17H23N3. The van der Waals surface area contributed by atoms with Gasteiger partial charge in [0.05, 0.1) is 5.69 Å². The van der Waals surface area contributed by atoms with E-state index in [1.54, 1.807) is 0 Å². The van der Waals surface area contributed by atoms with E-state index in [-0.39, 0.29) is 0 Å². The van der Waals surface area contributed by atoms with E-state index in [2.05, 4.69) is 55.0 Å². The van der Waals surface area contributed by atoms with E-state index in [4.69, 9.17) is 5.73 Å². The van der Waals surface area contributed by atoms with Crippen molar-refractivity contribution >= 4 is 5.95 Å². The normalized spacial score (nSPS) is 11.0. The van der Waals surface area contributed by atoms with E-state index in [0.717, 1.165) is 23.4 Å². The molecule has 0 aliphatic carbocycles. The molecule has 106 valence electrons. The number of anilines is 1. The number of benzene rings is 1. The van der Waals surface area contributed by atoms with Crippen molar-refractivity contribution in [1.82, 2.24) is 9.97 Å². The Bertz CT molecular complexity index is 559. The molecule has 1 aromatic carbocycles. The number of hydrogen-bond acceptors (Lipinski definition) is 3. The van der Waals surface area contributed by atoms with Crippen LogP contribution in [0.5, 0.6) is 0 Å². The van der Waals surface area contributed by atoms with E-state index in [9.17, 15) is 0 Å². The number of nitrogens with two attached hydrogens (primary N) is 1. The zero-order valence-electron chi connectivity index (χ0n) is 12.6. The zero-order chi connectivity index (χ0) is 14.5. The van der Waals surface area contributed by atoms with E-state index in [0.29, 0.717) is 11.9 Å². The first kappa shape index (κ1) is 14.5. The summed E-state index contributed by atoms with van der Waals surface area (Å²) in [6.07, 6.45) is 3.60. The number of unbranched alkanes of at least 4 members (excludes halogenated alkanes) is 1. The van der Waals surface area contributed by atoms with Crippen LogP contribution in [0.15, 0.2) is 30.3 Å². The third kappa shape index (κ3) is 3.56. The van der Waals surface area contributed by atoms with Gasteiger partial charge < -0.3 is 5.73 Å². The molecule has 0 aliphatic rings. The predicted molar refractivity (Wildman–Crippen MR) is 84.6 cm³/mol. The van der Waals surface area contributed by atoms with Crippen LogP contribution in [0.1, 0.15) is 50.8 Å². The van der Waals surface area contributed by atoms with Gasteiger partial charge in [0.15, 0.2) is 0 Å². The minimum absolute atomic E-state index is 0.348. The second kappa shape index (κ2) is 6.51. The quantitative estimate of drug-likeness (QED) is 0.885. The van der Waals surface area contributed by atoms with Crippen molar-refractivity contribution in [3.63, 3.8) is 0 Å². The molecule has 0 unspecified atom stereocenters. The first-order chi connectivity index (χ1) is 9.60. The van der Waals surface area contributed by atoms with Crippen molar-refractivity contribution in [1.29, 1.82) is 0 Å². The lowest BCUT2D eigenvalue weighted by Crippen LogP contribution is -2.02. The fourth-order valence-corrected chi connectivity index (χ4v) is 2.15. The summed E-state index contributed by atoms with van der Waals surface area (Å²) in [5.74, 6) is 0.698. The van der Waals surface area contributed by atoms with Crippen LogP contribution < -0.4 is 5.73 Å². The largest absolute Gasteiger partial charge is 0.368 e. The first-order valence-corrected chi connectivity index (χ1v) is 7.34.